The number of nitrogens with zero attached hydrogens (tertiary/aromatic N) is 2. The molecule has 1 aromatic heterocycles. The average molecular weight is 483 g/mol. The van der Waals surface area contributed by atoms with Gasteiger partial charge in [0, 0.05) is 15.2 Å². The molecule has 1 heterocycles. The molecule has 0 saturated carbocycles. The number of hydrogen-bond donors (Lipinski definition) is 1. The van der Waals surface area contributed by atoms with Crippen molar-refractivity contribution >= 4 is 45.6 Å². The Morgan fingerprint density at radius 1 is 1.37 bits per heavy atom. The largest absolute Gasteiger partial charge is 0.481 e. The lowest BCUT2D eigenvalue weighted by Crippen LogP contribution is -2.50. The van der Waals surface area contributed by atoms with Crippen LogP contribution in [0.4, 0.5) is 0 Å². The van der Waals surface area contributed by atoms with E-state index in [2.05, 4.69) is 44.1 Å². The van der Waals surface area contributed by atoms with Crippen molar-refractivity contribution in [1.29, 1.82) is 0 Å². The van der Waals surface area contributed by atoms with Crippen LogP contribution < -0.4 is 10.1 Å². The number of hydrogen-bond acceptors (Lipinski definition) is 5. The summed E-state index contributed by atoms with van der Waals surface area (Å²) >= 11 is 2.23. The van der Waals surface area contributed by atoms with Gasteiger partial charge in [0.15, 0.2) is 6.10 Å². The summed E-state index contributed by atoms with van der Waals surface area (Å²) in [5, 5.41) is 7.79. The van der Waals surface area contributed by atoms with Gasteiger partial charge in [0.1, 0.15) is 12.4 Å². The van der Waals surface area contributed by atoms with Crippen LogP contribution in [0.1, 0.15) is 39.7 Å². The molecular weight excluding hydrogens is 457 g/mol. The van der Waals surface area contributed by atoms with E-state index in [-0.39, 0.29) is 5.91 Å². The Labute approximate surface area is 173 Å². The van der Waals surface area contributed by atoms with Crippen LogP contribution in [-0.4, -0.2) is 35.4 Å². The number of carbonyl (C=O) groups excluding carboxylic acids is 1. The lowest BCUT2D eigenvalue weighted by atomic mass is 10.1. The van der Waals surface area contributed by atoms with E-state index in [0.29, 0.717) is 18.8 Å². The summed E-state index contributed by atoms with van der Waals surface area (Å²) in [6.45, 7) is 9.96. The predicted octanol–water partition coefficient (Wildman–Crippen LogP) is 4.22. The summed E-state index contributed by atoms with van der Waals surface area (Å²) in [7, 11) is 0. The Bertz CT molecular complexity index is 837. The molecule has 2 rings (SSSR count). The number of pyridine rings is 1. The smallest absolute Gasteiger partial charge is 0.261 e. The highest BCUT2D eigenvalue weighted by molar-refractivity contribution is 14.1. The molecule has 1 unspecified atom stereocenters. The van der Waals surface area contributed by atoms with Crippen LogP contribution in [0.15, 0.2) is 29.6 Å². The summed E-state index contributed by atoms with van der Waals surface area (Å²) in [5.74, 6) is 0.468. The fourth-order valence-corrected chi connectivity index (χ4v) is 3.07. The minimum absolute atomic E-state index is 0.191. The van der Waals surface area contributed by atoms with Gasteiger partial charge in [0.25, 0.3) is 5.91 Å². The highest BCUT2D eigenvalue weighted by Crippen LogP contribution is 2.26. The standard InChI is InChI=1S/C20H26IN3O3/c1-6-17(19(25)24-20(4,5)12-23-26-7-2)27-16-8-13(3)18-14(10-16)9-15(21)11-22-18/h8-12,17H,6-7H2,1-5H3,(H,24,25)/b23-12-. The summed E-state index contributed by atoms with van der Waals surface area (Å²) in [4.78, 5) is 22.1. The van der Waals surface area contributed by atoms with Gasteiger partial charge < -0.3 is 14.9 Å². The van der Waals surface area contributed by atoms with Gasteiger partial charge in [-0.3, -0.25) is 9.78 Å². The molecule has 6 nitrogen and oxygen atoms in total. The lowest BCUT2D eigenvalue weighted by molar-refractivity contribution is -0.129. The van der Waals surface area contributed by atoms with E-state index in [1.54, 1.807) is 6.21 Å². The number of amides is 1. The molecule has 146 valence electrons. The first-order valence-corrected chi connectivity index (χ1v) is 10.0. The summed E-state index contributed by atoms with van der Waals surface area (Å²) in [5.41, 5.74) is 1.31. The number of aromatic nitrogens is 1. The van der Waals surface area contributed by atoms with Crippen LogP contribution in [0.25, 0.3) is 10.9 Å². The molecule has 0 saturated heterocycles. The van der Waals surface area contributed by atoms with E-state index in [0.717, 1.165) is 20.0 Å². The molecule has 2 aromatic rings. The molecule has 27 heavy (non-hydrogen) atoms. The van der Waals surface area contributed by atoms with Gasteiger partial charge in [-0.1, -0.05) is 12.1 Å². The van der Waals surface area contributed by atoms with E-state index in [4.69, 9.17) is 9.57 Å². The van der Waals surface area contributed by atoms with Gasteiger partial charge in [-0.15, -0.1) is 0 Å². The van der Waals surface area contributed by atoms with Gasteiger partial charge in [-0.05, 0) is 80.5 Å². The van der Waals surface area contributed by atoms with Gasteiger partial charge in [0.05, 0.1) is 17.3 Å². The molecule has 1 amide bonds. The third-order valence-corrected chi connectivity index (χ3v) is 4.47. The Balaban J connectivity index is 2.16. The molecule has 1 N–H and O–H groups in total. The van der Waals surface area contributed by atoms with Crippen molar-refractivity contribution < 1.29 is 14.4 Å². The number of carbonyl (C=O) groups is 1. The highest BCUT2D eigenvalue weighted by Gasteiger charge is 2.25. The molecule has 1 aromatic carbocycles. The zero-order valence-electron chi connectivity index (χ0n) is 16.4. The van der Waals surface area contributed by atoms with Crippen molar-refractivity contribution in [2.24, 2.45) is 5.16 Å². The Morgan fingerprint density at radius 2 is 2.11 bits per heavy atom. The SMILES string of the molecule is CCO/N=C\C(C)(C)NC(=O)C(CC)Oc1cc(C)c2ncc(I)cc2c1. The van der Waals surface area contributed by atoms with Gasteiger partial charge >= 0.3 is 0 Å². The molecule has 1 atom stereocenters. The van der Waals surface area contributed by atoms with Crippen LogP contribution in [0, 0.1) is 10.5 Å². The molecule has 0 bridgehead atoms. The molecule has 0 aliphatic rings. The lowest BCUT2D eigenvalue weighted by Gasteiger charge is -2.25. The number of halogens is 1. The molecule has 0 aliphatic carbocycles. The van der Waals surface area contributed by atoms with Crippen molar-refractivity contribution in [3.63, 3.8) is 0 Å². The summed E-state index contributed by atoms with van der Waals surface area (Å²) in [6, 6.07) is 5.89. The zero-order valence-corrected chi connectivity index (χ0v) is 18.5. The first-order valence-electron chi connectivity index (χ1n) is 8.96. The fraction of sp³-hybridized carbons (Fsp3) is 0.450. The second-order valence-corrected chi connectivity index (χ2v) is 8.09. The van der Waals surface area contributed by atoms with Crippen LogP contribution in [-0.2, 0) is 9.63 Å². The third-order valence-electron chi connectivity index (χ3n) is 3.88. The van der Waals surface area contributed by atoms with Crippen molar-refractivity contribution in [3.05, 3.63) is 33.5 Å². The average Bonchev–Trinajstić information content (AvgIpc) is 2.58. The Hall–Kier alpha value is -1.90. The number of oxime groups is 1. The Kier molecular flexibility index (Phi) is 7.41. The normalized spacial score (nSPS) is 13.0. The van der Waals surface area contributed by atoms with Crippen molar-refractivity contribution in [1.82, 2.24) is 10.3 Å². The molecule has 0 aliphatic heterocycles. The highest BCUT2D eigenvalue weighted by atomic mass is 127. The van der Waals surface area contributed by atoms with Gasteiger partial charge in [-0.25, -0.2) is 0 Å². The second kappa shape index (κ2) is 9.34. The Morgan fingerprint density at radius 3 is 2.78 bits per heavy atom. The third kappa shape index (κ3) is 6.05. The van der Waals surface area contributed by atoms with Crippen LogP contribution in [0.2, 0.25) is 0 Å². The van der Waals surface area contributed by atoms with Crippen molar-refractivity contribution in [3.8, 4) is 5.75 Å². The van der Waals surface area contributed by atoms with Crippen molar-refractivity contribution in [2.75, 3.05) is 6.61 Å². The summed E-state index contributed by atoms with van der Waals surface area (Å²) < 4.78 is 7.06. The maximum Gasteiger partial charge on any atom is 0.261 e. The van der Waals surface area contributed by atoms with E-state index < -0.39 is 11.6 Å². The molecule has 0 spiro atoms. The van der Waals surface area contributed by atoms with E-state index >= 15 is 0 Å². The number of fused-ring (bicyclic) bond motifs is 1. The minimum atomic E-state index is -0.637. The zero-order chi connectivity index (χ0) is 20.0. The number of rotatable bonds is 8. The van der Waals surface area contributed by atoms with Crippen molar-refractivity contribution in [2.45, 2.75) is 52.7 Å². The number of nitrogens with one attached hydrogen (secondary N) is 1. The van der Waals surface area contributed by atoms with E-state index in [1.165, 1.54) is 0 Å². The number of ether oxygens (including phenoxy) is 1. The number of benzene rings is 1. The quantitative estimate of drug-likeness (QED) is 0.347. The minimum Gasteiger partial charge on any atom is -0.481 e. The topological polar surface area (TPSA) is 72.8 Å². The van der Waals surface area contributed by atoms with Gasteiger partial charge in [-0.2, -0.15) is 0 Å². The van der Waals surface area contributed by atoms with Crippen LogP contribution >= 0.6 is 22.6 Å². The van der Waals surface area contributed by atoms with Crippen LogP contribution in [0.3, 0.4) is 0 Å². The predicted molar refractivity (Wildman–Crippen MR) is 116 cm³/mol. The first-order chi connectivity index (χ1) is 12.8. The maximum absolute atomic E-state index is 12.7. The molecule has 7 heteroatoms. The first kappa shape index (κ1) is 21.4. The van der Waals surface area contributed by atoms with E-state index in [9.17, 15) is 4.79 Å². The molecule has 0 fully saturated rings. The fourth-order valence-electron chi connectivity index (χ4n) is 2.60. The van der Waals surface area contributed by atoms with E-state index in [1.807, 2.05) is 52.9 Å². The number of aryl methyl sites for hydroxylation is 1. The second-order valence-electron chi connectivity index (χ2n) is 6.84. The molecule has 0 radical (unpaired) electrons. The van der Waals surface area contributed by atoms with Gasteiger partial charge in [0.2, 0.25) is 0 Å². The van der Waals surface area contributed by atoms with Crippen LogP contribution in [0.5, 0.6) is 5.75 Å². The summed E-state index contributed by atoms with van der Waals surface area (Å²) in [6.07, 6.45) is 3.36. The monoisotopic (exact) mass is 483 g/mol. The maximum atomic E-state index is 12.7. The molecular formula is C20H26IN3O3.